The van der Waals surface area contributed by atoms with E-state index in [0.29, 0.717) is 17.6 Å². The first-order chi connectivity index (χ1) is 8.20. The summed E-state index contributed by atoms with van der Waals surface area (Å²) < 4.78 is 0. The Balaban J connectivity index is 1.99. The molecule has 3 N–H and O–H groups in total. The third-order valence-corrected chi connectivity index (χ3v) is 4.09. The van der Waals surface area contributed by atoms with E-state index in [9.17, 15) is 10.1 Å². The molecule has 1 unspecified atom stereocenters. The number of hydrogen-bond donors (Lipinski definition) is 2. The van der Waals surface area contributed by atoms with Crippen LogP contribution in [-0.4, -0.2) is 22.5 Å². The number of nitro groups is 1. The Bertz CT molecular complexity index is 389. The lowest BCUT2D eigenvalue weighted by molar-refractivity contribution is -0.380. The van der Waals surface area contributed by atoms with E-state index < -0.39 is 4.92 Å². The molecule has 0 aliphatic heterocycles. The summed E-state index contributed by atoms with van der Waals surface area (Å²) in [6.07, 6.45) is 6.15. The van der Waals surface area contributed by atoms with Crippen LogP contribution >= 0.6 is 11.3 Å². The molecule has 1 aromatic heterocycles. The van der Waals surface area contributed by atoms with Gasteiger partial charge in [0, 0.05) is 12.6 Å². The number of nitrogens with two attached hydrogens (primary N) is 1. The predicted molar refractivity (Wildman–Crippen MR) is 67.2 cm³/mol. The molecule has 1 aromatic rings. The minimum Gasteiger partial charge on any atom is -0.357 e. The van der Waals surface area contributed by atoms with Crippen molar-refractivity contribution in [2.75, 3.05) is 11.9 Å². The van der Waals surface area contributed by atoms with Crippen molar-refractivity contribution < 1.29 is 4.92 Å². The van der Waals surface area contributed by atoms with Crippen LogP contribution in [0, 0.1) is 16.0 Å². The van der Waals surface area contributed by atoms with Crippen molar-refractivity contribution in [1.82, 2.24) is 4.98 Å². The first-order valence-corrected chi connectivity index (χ1v) is 6.59. The summed E-state index contributed by atoms with van der Waals surface area (Å²) in [5, 5.41) is 14.4. The third-order valence-electron chi connectivity index (χ3n) is 3.21. The van der Waals surface area contributed by atoms with Crippen molar-refractivity contribution in [2.45, 2.75) is 31.7 Å². The topological polar surface area (TPSA) is 94.1 Å². The van der Waals surface area contributed by atoms with Gasteiger partial charge in [-0.3, -0.25) is 10.1 Å². The predicted octanol–water partition coefficient (Wildman–Crippen LogP) is 1.98. The van der Waals surface area contributed by atoms with Crippen LogP contribution in [0.1, 0.15) is 25.7 Å². The molecule has 1 aliphatic carbocycles. The zero-order valence-electron chi connectivity index (χ0n) is 9.46. The standard InChI is InChI=1S/C10H16N4O2S/c11-5-8(7-3-1-2-4-7)13-10-12-6-9(17-10)14(15)16/h6-8H,1-5,11H2,(H,12,13). The molecule has 2 rings (SSSR count). The molecule has 1 atom stereocenters. The van der Waals surface area contributed by atoms with E-state index in [1.807, 2.05) is 0 Å². The van der Waals surface area contributed by atoms with Gasteiger partial charge in [-0.1, -0.05) is 12.8 Å². The second-order valence-electron chi connectivity index (χ2n) is 4.29. The molecule has 17 heavy (non-hydrogen) atoms. The molecular formula is C10H16N4O2S. The number of thiazole rings is 1. The van der Waals surface area contributed by atoms with Gasteiger partial charge in [0.1, 0.15) is 6.20 Å². The van der Waals surface area contributed by atoms with Gasteiger partial charge >= 0.3 is 5.00 Å². The van der Waals surface area contributed by atoms with Gasteiger partial charge in [-0.15, -0.1) is 0 Å². The largest absolute Gasteiger partial charge is 0.357 e. The van der Waals surface area contributed by atoms with Crippen molar-refractivity contribution in [1.29, 1.82) is 0 Å². The summed E-state index contributed by atoms with van der Waals surface area (Å²) >= 11 is 1.07. The van der Waals surface area contributed by atoms with E-state index in [1.54, 1.807) is 0 Å². The van der Waals surface area contributed by atoms with Crippen LogP contribution < -0.4 is 11.1 Å². The SMILES string of the molecule is NCC(Nc1ncc([N+](=O)[O-])s1)C1CCCC1. The normalized spacial score (nSPS) is 18.2. The molecule has 1 aliphatic rings. The number of anilines is 1. The maximum Gasteiger partial charge on any atom is 0.345 e. The summed E-state index contributed by atoms with van der Waals surface area (Å²) in [4.78, 5) is 14.1. The van der Waals surface area contributed by atoms with Gasteiger partial charge in [-0.2, -0.15) is 0 Å². The number of hydrogen-bond acceptors (Lipinski definition) is 6. The fourth-order valence-corrected chi connectivity index (χ4v) is 3.00. The number of nitrogens with one attached hydrogen (secondary N) is 1. The van der Waals surface area contributed by atoms with Crippen molar-refractivity contribution in [2.24, 2.45) is 11.7 Å². The van der Waals surface area contributed by atoms with Gasteiger partial charge in [0.15, 0.2) is 5.13 Å². The van der Waals surface area contributed by atoms with Crippen LogP contribution in [0.2, 0.25) is 0 Å². The Hall–Kier alpha value is -1.21. The minimum absolute atomic E-state index is 0.0645. The Morgan fingerprint density at radius 3 is 2.88 bits per heavy atom. The van der Waals surface area contributed by atoms with Crippen LogP contribution in [0.15, 0.2) is 6.20 Å². The lowest BCUT2D eigenvalue weighted by Gasteiger charge is -2.22. The zero-order valence-corrected chi connectivity index (χ0v) is 10.3. The highest BCUT2D eigenvalue weighted by molar-refractivity contribution is 7.18. The molecule has 1 fully saturated rings. The fraction of sp³-hybridized carbons (Fsp3) is 0.700. The van der Waals surface area contributed by atoms with Gasteiger partial charge < -0.3 is 11.1 Å². The molecule has 6 nitrogen and oxygen atoms in total. The first kappa shape index (κ1) is 12.3. The molecule has 0 amide bonds. The average Bonchev–Trinajstić information content (AvgIpc) is 2.96. The highest BCUT2D eigenvalue weighted by Gasteiger charge is 2.25. The van der Waals surface area contributed by atoms with E-state index in [1.165, 1.54) is 31.9 Å². The van der Waals surface area contributed by atoms with E-state index in [0.717, 1.165) is 11.3 Å². The molecule has 1 heterocycles. The quantitative estimate of drug-likeness (QED) is 0.620. The summed E-state index contributed by atoms with van der Waals surface area (Å²) in [7, 11) is 0. The molecule has 1 saturated carbocycles. The van der Waals surface area contributed by atoms with E-state index in [4.69, 9.17) is 5.73 Å². The van der Waals surface area contributed by atoms with Gasteiger partial charge in [0.2, 0.25) is 0 Å². The zero-order chi connectivity index (χ0) is 12.3. The Morgan fingerprint density at radius 1 is 1.65 bits per heavy atom. The van der Waals surface area contributed by atoms with Gasteiger partial charge in [-0.25, -0.2) is 4.98 Å². The molecular weight excluding hydrogens is 240 g/mol. The fourth-order valence-electron chi connectivity index (χ4n) is 2.30. The summed E-state index contributed by atoms with van der Waals surface area (Å²) in [5.74, 6) is 0.572. The summed E-state index contributed by atoms with van der Waals surface area (Å²) in [5.41, 5.74) is 5.75. The second kappa shape index (κ2) is 5.42. The number of rotatable bonds is 5. The molecule has 0 bridgehead atoms. The monoisotopic (exact) mass is 256 g/mol. The highest BCUT2D eigenvalue weighted by Crippen LogP contribution is 2.31. The molecule has 0 aromatic carbocycles. The molecule has 0 saturated heterocycles. The van der Waals surface area contributed by atoms with Crippen LogP contribution in [0.3, 0.4) is 0 Å². The van der Waals surface area contributed by atoms with E-state index >= 15 is 0 Å². The van der Waals surface area contributed by atoms with Crippen LogP contribution in [0.4, 0.5) is 10.1 Å². The maximum absolute atomic E-state index is 10.5. The van der Waals surface area contributed by atoms with Crippen LogP contribution in [-0.2, 0) is 0 Å². The molecule has 0 radical (unpaired) electrons. The molecule has 7 heteroatoms. The first-order valence-electron chi connectivity index (χ1n) is 5.77. The highest BCUT2D eigenvalue weighted by atomic mass is 32.1. The van der Waals surface area contributed by atoms with Gasteiger partial charge in [0.05, 0.1) is 4.92 Å². The number of nitrogens with zero attached hydrogens (tertiary/aromatic N) is 2. The lowest BCUT2D eigenvalue weighted by Crippen LogP contribution is -2.35. The average molecular weight is 256 g/mol. The Kier molecular flexibility index (Phi) is 3.90. The Labute approximate surface area is 103 Å². The van der Waals surface area contributed by atoms with Crippen molar-refractivity contribution in [3.8, 4) is 0 Å². The maximum atomic E-state index is 10.5. The van der Waals surface area contributed by atoms with Crippen LogP contribution in [0.5, 0.6) is 0 Å². The number of aromatic nitrogens is 1. The summed E-state index contributed by atoms with van der Waals surface area (Å²) in [6, 6.07) is 0.184. The van der Waals surface area contributed by atoms with Crippen molar-refractivity contribution >= 4 is 21.5 Å². The summed E-state index contributed by atoms with van der Waals surface area (Å²) in [6.45, 7) is 0.540. The third kappa shape index (κ3) is 2.92. The molecule has 94 valence electrons. The van der Waals surface area contributed by atoms with Crippen molar-refractivity contribution in [3.05, 3.63) is 16.3 Å². The molecule has 0 spiro atoms. The van der Waals surface area contributed by atoms with Gasteiger partial charge in [-0.05, 0) is 30.1 Å². The van der Waals surface area contributed by atoms with E-state index in [2.05, 4.69) is 10.3 Å². The van der Waals surface area contributed by atoms with Crippen molar-refractivity contribution in [3.63, 3.8) is 0 Å². The lowest BCUT2D eigenvalue weighted by atomic mass is 9.98. The van der Waals surface area contributed by atoms with E-state index in [-0.39, 0.29) is 11.0 Å². The minimum atomic E-state index is -0.421. The second-order valence-corrected chi connectivity index (χ2v) is 5.30. The Morgan fingerprint density at radius 2 is 2.35 bits per heavy atom. The van der Waals surface area contributed by atoms with Gasteiger partial charge in [0.25, 0.3) is 0 Å². The smallest absolute Gasteiger partial charge is 0.345 e. The van der Waals surface area contributed by atoms with Crippen LogP contribution in [0.25, 0.3) is 0 Å².